The second-order valence-corrected chi connectivity index (χ2v) is 8.00. The molecule has 3 aromatic rings. The van der Waals surface area contributed by atoms with Gasteiger partial charge in [0, 0.05) is 37.6 Å². The van der Waals surface area contributed by atoms with Crippen LogP contribution in [0.25, 0.3) is 0 Å². The summed E-state index contributed by atoms with van der Waals surface area (Å²) in [6, 6.07) is 10.4. The molecule has 0 bridgehead atoms. The molecule has 0 radical (unpaired) electrons. The highest BCUT2D eigenvalue weighted by Gasteiger charge is 2.42. The number of rotatable bonds is 4. The summed E-state index contributed by atoms with van der Waals surface area (Å²) in [4.78, 5) is 11.2. The molecular formula is C22H26N6O. The van der Waals surface area contributed by atoms with Crippen LogP contribution < -0.4 is 5.73 Å². The zero-order valence-corrected chi connectivity index (χ0v) is 16.5. The lowest BCUT2D eigenvalue weighted by Gasteiger charge is -2.44. The van der Waals surface area contributed by atoms with E-state index in [0.29, 0.717) is 5.95 Å². The molecule has 2 aliphatic rings. The maximum Gasteiger partial charge on any atom is 0.220 e. The number of likely N-dealkylation sites (tertiary alicyclic amines) is 1. The van der Waals surface area contributed by atoms with Gasteiger partial charge in [-0.1, -0.05) is 30.3 Å². The highest BCUT2D eigenvalue weighted by Crippen LogP contribution is 2.40. The Morgan fingerprint density at radius 3 is 2.69 bits per heavy atom. The largest absolute Gasteiger partial charge is 0.368 e. The van der Waals surface area contributed by atoms with Crippen molar-refractivity contribution in [3.05, 3.63) is 71.3 Å². The third kappa shape index (κ3) is 3.75. The fourth-order valence-corrected chi connectivity index (χ4v) is 4.48. The molecule has 0 amide bonds. The highest BCUT2D eigenvalue weighted by atomic mass is 16.5. The first kappa shape index (κ1) is 18.3. The highest BCUT2D eigenvalue weighted by molar-refractivity contribution is 5.32. The van der Waals surface area contributed by atoms with E-state index >= 15 is 0 Å². The molecule has 150 valence electrons. The van der Waals surface area contributed by atoms with E-state index in [9.17, 15) is 0 Å². The third-order valence-corrected chi connectivity index (χ3v) is 6.01. The average molecular weight is 390 g/mol. The molecule has 1 saturated heterocycles. The van der Waals surface area contributed by atoms with Crippen molar-refractivity contribution >= 4 is 5.95 Å². The van der Waals surface area contributed by atoms with Gasteiger partial charge in [0.15, 0.2) is 0 Å². The maximum absolute atomic E-state index is 6.27. The second kappa shape index (κ2) is 7.57. The summed E-state index contributed by atoms with van der Waals surface area (Å²) in [6.45, 7) is 4.37. The van der Waals surface area contributed by atoms with Gasteiger partial charge in [-0.05, 0) is 30.4 Å². The van der Waals surface area contributed by atoms with Crippen LogP contribution in [0.15, 0.2) is 48.9 Å². The van der Waals surface area contributed by atoms with Gasteiger partial charge in [0.05, 0.1) is 25.0 Å². The third-order valence-electron chi connectivity index (χ3n) is 6.01. The fourth-order valence-electron chi connectivity index (χ4n) is 4.48. The summed E-state index contributed by atoms with van der Waals surface area (Å²) in [5.74, 6) is 0.335. The van der Waals surface area contributed by atoms with Crippen LogP contribution in [0.1, 0.15) is 35.2 Å². The van der Waals surface area contributed by atoms with Crippen molar-refractivity contribution in [1.82, 2.24) is 24.6 Å². The number of benzene rings is 1. The van der Waals surface area contributed by atoms with Gasteiger partial charge in [-0.2, -0.15) is 5.10 Å². The first-order valence-corrected chi connectivity index (χ1v) is 10.2. The number of fused-ring (bicyclic) bond motifs is 2. The van der Waals surface area contributed by atoms with Crippen molar-refractivity contribution in [1.29, 1.82) is 0 Å². The van der Waals surface area contributed by atoms with Crippen molar-refractivity contribution in [3.8, 4) is 0 Å². The molecule has 0 saturated carbocycles. The van der Waals surface area contributed by atoms with Crippen molar-refractivity contribution in [2.24, 2.45) is 0 Å². The summed E-state index contributed by atoms with van der Waals surface area (Å²) in [7, 11) is 0. The summed E-state index contributed by atoms with van der Waals surface area (Å²) >= 11 is 0. The van der Waals surface area contributed by atoms with Crippen LogP contribution in [0.4, 0.5) is 5.95 Å². The van der Waals surface area contributed by atoms with Crippen molar-refractivity contribution in [2.45, 2.75) is 38.0 Å². The van der Waals surface area contributed by atoms with Crippen LogP contribution >= 0.6 is 0 Å². The molecule has 29 heavy (non-hydrogen) atoms. The number of nitrogens with zero attached hydrogens (tertiary/aromatic N) is 5. The molecule has 7 heteroatoms. The van der Waals surface area contributed by atoms with Crippen LogP contribution in [0.5, 0.6) is 0 Å². The molecule has 4 heterocycles. The van der Waals surface area contributed by atoms with Crippen molar-refractivity contribution < 1.29 is 4.74 Å². The molecule has 0 aliphatic carbocycles. The standard InChI is InChI=1S/C22H26N6O/c23-21-24-13-19-6-11-29-22(20(19)26-21)7-9-27(10-8-22)14-18-12-25-28(16-18)15-17-4-2-1-3-5-17/h1-5,12-13,16H,6-11,14-15H2,(H2,23,24,26). The predicted molar refractivity (Wildman–Crippen MR) is 110 cm³/mol. The zero-order chi connectivity index (χ0) is 19.7. The van der Waals surface area contributed by atoms with E-state index in [0.717, 1.165) is 57.7 Å². The van der Waals surface area contributed by atoms with Crippen molar-refractivity contribution in [2.75, 3.05) is 25.4 Å². The van der Waals surface area contributed by atoms with Gasteiger partial charge in [-0.25, -0.2) is 9.97 Å². The Balaban J connectivity index is 1.23. The van der Waals surface area contributed by atoms with Gasteiger partial charge in [-0.3, -0.25) is 9.58 Å². The zero-order valence-electron chi connectivity index (χ0n) is 16.5. The van der Waals surface area contributed by atoms with Gasteiger partial charge < -0.3 is 10.5 Å². The minimum Gasteiger partial charge on any atom is -0.368 e. The Morgan fingerprint density at radius 1 is 1.03 bits per heavy atom. The van der Waals surface area contributed by atoms with Gasteiger partial charge >= 0.3 is 0 Å². The first-order valence-electron chi connectivity index (χ1n) is 10.2. The molecule has 0 atom stereocenters. The Bertz CT molecular complexity index is 978. The van der Waals surface area contributed by atoms with E-state index in [2.05, 4.69) is 50.4 Å². The number of hydrogen-bond donors (Lipinski definition) is 1. The molecule has 1 spiro atoms. The van der Waals surface area contributed by atoms with Crippen molar-refractivity contribution in [3.63, 3.8) is 0 Å². The molecule has 2 aliphatic heterocycles. The van der Waals surface area contributed by atoms with E-state index in [-0.39, 0.29) is 5.60 Å². The monoisotopic (exact) mass is 390 g/mol. The number of hydrogen-bond acceptors (Lipinski definition) is 6. The maximum atomic E-state index is 6.27. The van der Waals surface area contributed by atoms with Crippen LogP contribution in [0, 0.1) is 0 Å². The number of nitrogen functional groups attached to an aromatic ring is 1. The molecule has 2 aromatic heterocycles. The Labute approximate surface area is 170 Å². The Kier molecular flexibility index (Phi) is 4.77. The number of anilines is 1. The normalized spacial score (nSPS) is 18.6. The minimum absolute atomic E-state index is 0.307. The first-order chi connectivity index (χ1) is 14.2. The smallest absolute Gasteiger partial charge is 0.220 e. The van der Waals surface area contributed by atoms with Crippen LogP contribution in [-0.2, 0) is 29.8 Å². The second-order valence-electron chi connectivity index (χ2n) is 8.00. The number of ether oxygens (including phenoxy) is 1. The Hall–Kier alpha value is -2.77. The van der Waals surface area contributed by atoms with E-state index in [1.54, 1.807) is 0 Å². The lowest BCUT2D eigenvalue weighted by Crippen LogP contribution is -2.47. The van der Waals surface area contributed by atoms with Crippen LogP contribution in [0.3, 0.4) is 0 Å². The molecule has 7 nitrogen and oxygen atoms in total. The predicted octanol–water partition coefficient (Wildman–Crippen LogP) is 2.37. The van der Waals surface area contributed by atoms with E-state index in [4.69, 9.17) is 10.5 Å². The molecular weight excluding hydrogens is 364 g/mol. The quantitative estimate of drug-likeness (QED) is 0.737. The van der Waals surface area contributed by atoms with Crippen LogP contribution in [-0.4, -0.2) is 44.3 Å². The summed E-state index contributed by atoms with van der Waals surface area (Å²) in [5, 5.41) is 4.53. The molecule has 1 aromatic carbocycles. The number of nitrogens with two attached hydrogens (primary N) is 1. The van der Waals surface area contributed by atoms with E-state index in [1.807, 2.05) is 23.1 Å². The van der Waals surface area contributed by atoms with Gasteiger partial charge in [0.1, 0.15) is 5.60 Å². The van der Waals surface area contributed by atoms with Crippen LogP contribution in [0.2, 0.25) is 0 Å². The van der Waals surface area contributed by atoms with E-state index < -0.39 is 0 Å². The molecule has 2 N–H and O–H groups in total. The number of aromatic nitrogens is 4. The number of piperidine rings is 1. The van der Waals surface area contributed by atoms with Gasteiger partial charge in [0.25, 0.3) is 0 Å². The van der Waals surface area contributed by atoms with Gasteiger partial charge in [0.2, 0.25) is 5.95 Å². The minimum atomic E-state index is -0.307. The lowest BCUT2D eigenvalue weighted by atomic mass is 9.83. The topological polar surface area (TPSA) is 82.1 Å². The summed E-state index contributed by atoms with van der Waals surface area (Å²) < 4.78 is 8.28. The molecule has 0 unspecified atom stereocenters. The molecule has 1 fully saturated rings. The summed E-state index contributed by atoms with van der Waals surface area (Å²) in [5.41, 5.74) is 10.2. The molecule has 5 rings (SSSR count). The van der Waals surface area contributed by atoms with E-state index in [1.165, 1.54) is 16.7 Å². The summed E-state index contributed by atoms with van der Waals surface area (Å²) in [6.07, 6.45) is 8.71. The lowest BCUT2D eigenvalue weighted by molar-refractivity contribution is -0.102. The Morgan fingerprint density at radius 2 is 1.86 bits per heavy atom. The fraction of sp³-hybridized carbons (Fsp3) is 0.409. The average Bonchev–Trinajstić information content (AvgIpc) is 3.18. The van der Waals surface area contributed by atoms with Gasteiger partial charge in [-0.15, -0.1) is 0 Å². The SMILES string of the molecule is Nc1ncc2c(n1)C1(CCN(Cc3cnn(Cc4ccccc4)c3)CC1)OCC2.